The molecule has 1 rings (SSSR count). The number of nitrogens with one attached hydrogen (secondary N) is 1. The van der Waals surface area contributed by atoms with E-state index in [9.17, 15) is 4.39 Å². The van der Waals surface area contributed by atoms with E-state index in [2.05, 4.69) is 4.98 Å². The van der Waals surface area contributed by atoms with E-state index >= 15 is 0 Å². The SMILES string of the molecule is Fc1ccccn1.N=C=O. The summed E-state index contributed by atoms with van der Waals surface area (Å²) in [6, 6.07) is 4.57. The monoisotopic (exact) mass is 140 g/mol. The molecule has 0 aromatic carbocycles. The first-order valence-electron chi connectivity index (χ1n) is 2.41. The first-order chi connectivity index (χ1) is 4.81. The Morgan fingerprint density at radius 1 is 1.60 bits per heavy atom. The van der Waals surface area contributed by atoms with E-state index in [1.807, 2.05) is 0 Å². The quantitative estimate of drug-likeness (QED) is 0.333. The van der Waals surface area contributed by atoms with E-state index in [1.165, 1.54) is 12.3 Å². The van der Waals surface area contributed by atoms with Crippen LogP contribution in [0, 0.1) is 11.4 Å². The van der Waals surface area contributed by atoms with Gasteiger partial charge in [-0.3, -0.25) is 0 Å². The Balaban J connectivity index is 0.000000236. The van der Waals surface area contributed by atoms with Gasteiger partial charge in [0.15, 0.2) is 0 Å². The number of aromatic nitrogens is 1. The molecule has 0 bridgehead atoms. The van der Waals surface area contributed by atoms with Crippen LogP contribution < -0.4 is 0 Å². The lowest BCUT2D eigenvalue weighted by Gasteiger charge is -1.78. The van der Waals surface area contributed by atoms with Crippen LogP contribution in [-0.2, 0) is 4.79 Å². The number of carbonyl (C=O) groups excluding carboxylic acids is 1. The summed E-state index contributed by atoms with van der Waals surface area (Å²) < 4.78 is 11.8. The predicted molar refractivity (Wildman–Crippen MR) is 32.6 cm³/mol. The highest BCUT2D eigenvalue weighted by atomic mass is 19.1. The average molecular weight is 140 g/mol. The summed E-state index contributed by atoms with van der Waals surface area (Å²) in [5, 5.41) is 5.40. The highest BCUT2D eigenvalue weighted by Gasteiger charge is 1.78. The van der Waals surface area contributed by atoms with Crippen molar-refractivity contribution in [1.82, 2.24) is 4.98 Å². The predicted octanol–water partition coefficient (Wildman–Crippen LogP) is 1.12. The van der Waals surface area contributed by atoms with Crippen molar-refractivity contribution in [2.75, 3.05) is 0 Å². The number of hydrogen-bond donors (Lipinski definition) is 1. The lowest BCUT2D eigenvalue weighted by atomic mass is 10.5. The summed E-state index contributed by atoms with van der Waals surface area (Å²) in [5.74, 6) is -0.428. The summed E-state index contributed by atoms with van der Waals surface area (Å²) in [5.41, 5.74) is 0. The van der Waals surface area contributed by atoms with Gasteiger partial charge in [-0.1, -0.05) is 6.07 Å². The van der Waals surface area contributed by atoms with Crippen molar-refractivity contribution >= 4 is 6.08 Å². The summed E-state index contributed by atoms with van der Waals surface area (Å²) in [4.78, 5) is 11.7. The molecule has 10 heavy (non-hydrogen) atoms. The number of pyridine rings is 1. The molecule has 1 heterocycles. The summed E-state index contributed by atoms with van der Waals surface area (Å²) in [7, 11) is 0. The van der Waals surface area contributed by atoms with Gasteiger partial charge in [0, 0.05) is 6.20 Å². The van der Waals surface area contributed by atoms with Crippen molar-refractivity contribution in [2.45, 2.75) is 0 Å². The first kappa shape index (κ1) is 8.46. The number of isocyanates is 1. The molecule has 0 aliphatic carbocycles. The lowest BCUT2D eigenvalue weighted by molar-refractivity contribution is 0.562. The normalized spacial score (nSPS) is 6.90. The van der Waals surface area contributed by atoms with Crippen molar-refractivity contribution in [3.63, 3.8) is 0 Å². The molecule has 0 saturated carbocycles. The van der Waals surface area contributed by atoms with E-state index < -0.39 is 5.95 Å². The van der Waals surface area contributed by atoms with Gasteiger partial charge in [0.05, 0.1) is 0 Å². The largest absolute Gasteiger partial charge is 0.231 e. The number of hydrogen-bond acceptors (Lipinski definition) is 3. The van der Waals surface area contributed by atoms with E-state index in [-0.39, 0.29) is 0 Å². The molecule has 0 spiro atoms. The molecule has 1 N–H and O–H groups in total. The summed E-state index contributed by atoms with van der Waals surface area (Å²) in [6.07, 6.45) is 2.16. The van der Waals surface area contributed by atoms with Crippen molar-refractivity contribution in [2.24, 2.45) is 0 Å². The maximum atomic E-state index is 11.8. The molecule has 0 aliphatic rings. The molecule has 1 aromatic heterocycles. The average Bonchev–Trinajstić information content (AvgIpc) is 1.91. The smallest absolute Gasteiger partial charge is 0.228 e. The molecule has 0 fully saturated rings. The van der Waals surface area contributed by atoms with Crippen molar-refractivity contribution < 1.29 is 9.18 Å². The van der Waals surface area contributed by atoms with Crippen LogP contribution in [0.1, 0.15) is 0 Å². The van der Waals surface area contributed by atoms with Crippen LogP contribution in [0.25, 0.3) is 0 Å². The van der Waals surface area contributed by atoms with Crippen LogP contribution in [0.3, 0.4) is 0 Å². The van der Waals surface area contributed by atoms with E-state index in [1.54, 1.807) is 12.1 Å². The summed E-state index contributed by atoms with van der Waals surface area (Å²) >= 11 is 0. The molecule has 0 aliphatic heterocycles. The maximum absolute atomic E-state index is 11.8. The third-order valence-corrected chi connectivity index (χ3v) is 0.629. The van der Waals surface area contributed by atoms with Crippen LogP contribution in [0.2, 0.25) is 0 Å². The van der Waals surface area contributed by atoms with E-state index in [0.717, 1.165) is 6.08 Å². The Hall–Kier alpha value is -1.54. The third-order valence-electron chi connectivity index (χ3n) is 0.629. The minimum atomic E-state index is -0.428. The van der Waals surface area contributed by atoms with E-state index in [0.29, 0.717) is 0 Å². The molecule has 1 aromatic rings. The molecule has 0 unspecified atom stereocenters. The van der Waals surface area contributed by atoms with Gasteiger partial charge in [-0.05, 0) is 12.1 Å². The van der Waals surface area contributed by atoms with Gasteiger partial charge in [-0.2, -0.15) is 4.39 Å². The van der Waals surface area contributed by atoms with Crippen molar-refractivity contribution in [1.29, 1.82) is 5.41 Å². The zero-order valence-electron chi connectivity index (χ0n) is 5.04. The zero-order valence-corrected chi connectivity index (χ0v) is 5.04. The molecular weight excluding hydrogens is 135 g/mol. The number of halogens is 1. The van der Waals surface area contributed by atoms with Crippen molar-refractivity contribution in [3.8, 4) is 0 Å². The van der Waals surface area contributed by atoms with Crippen molar-refractivity contribution in [3.05, 3.63) is 30.3 Å². The second-order valence-electron chi connectivity index (χ2n) is 1.25. The number of nitrogens with zero attached hydrogens (tertiary/aromatic N) is 1. The van der Waals surface area contributed by atoms with Crippen LogP contribution in [0.5, 0.6) is 0 Å². The lowest BCUT2D eigenvalue weighted by Crippen LogP contribution is -1.73. The third kappa shape index (κ3) is 4.61. The molecule has 0 saturated heterocycles. The van der Waals surface area contributed by atoms with Gasteiger partial charge < -0.3 is 0 Å². The van der Waals surface area contributed by atoms with Gasteiger partial charge in [0.25, 0.3) is 0 Å². The Morgan fingerprint density at radius 3 is 2.40 bits per heavy atom. The second kappa shape index (κ2) is 5.59. The van der Waals surface area contributed by atoms with Crippen LogP contribution >= 0.6 is 0 Å². The van der Waals surface area contributed by atoms with Crippen LogP contribution in [0.4, 0.5) is 4.39 Å². The molecule has 0 atom stereocenters. The van der Waals surface area contributed by atoms with Crippen LogP contribution in [-0.4, -0.2) is 11.1 Å². The first-order valence-corrected chi connectivity index (χ1v) is 2.41. The molecule has 4 heteroatoms. The molecule has 3 nitrogen and oxygen atoms in total. The topological polar surface area (TPSA) is 53.8 Å². The highest BCUT2D eigenvalue weighted by molar-refractivity contribution is 5.26. The minimum absolute atomic E-state index is 0.428. The molecule has 0 amide bonds. The maximum Gasteiger partial charge on any atom is 0.231 e. The fourth-order valence-corrected chi connectivity index (χ4v) is 0.342. The summed E-state index contributed by atoms with van der Waals surface area (Å²) in [6.45, 7) is 0. The Morgan fingerprint density at radius 2 is 2.20 bits per heavy atom. The minimum Gasteiger partial charge on any atom is -0.228 e. The Kier molecular flexibility index (Phi) is 4.73. The second-order valence-corrected chi connectivity index (χ2v) is 1.25. The molecule has 52 valence electrons. The Labute approximate surface area is 57.0 Å². The van der Waals surface area contributed by atoms with Gasteiger partial charge >= 0.3 is 0 Å². The van der Waals surface area contributed by atoms with Gasteiger partial charge in [0.2, 0.25) is 12.0 Å². The molecule has 0 radical (unpaired) electrons. The van der Waals surface area contributed by atoms with Gasteiger partial charge in [-0.25, -0.2) is 15.2 Å². The fraction of sp³-hybridized carbons (Fsp3) is 0. The van der Waals surface area contributed by atoms with Gasteiger partial charge in [0.1, 0.15) is 0 Å². The van der Waals surface area contributed by atoms with E-state index in [4.69, 9.17) is 10.2 Å². The number of rotatable bonds is 0. The fourth-order valence-electron chi connectivity index (χ4n) is 0.342. The highest BCUT2D eigenvalue weighted by Crippen LogP contribution is 1.85. The zero-order chi connectivity index (χ0) is 7.82. The van der Waals surface area contributed by atoms with Crippen LogP contribution in [0.15, 0.2) is 24.4 Å². The standard InChI is InChI=1S/C5H4FN.CHNO/c6-5-3-1-2-4-7-5;2-1-3/h1-4H;2H. The van der Waals surface area contributed by atoms with Gasteiger partial charge in [-0.15, -0.1) is 0 Å². The Bertz CT molecular complexity index is 206. The molecular formula is C6H5FN2O.